The Morgan fingerprint density at radius 3 is 2.26 bits per heavy atom. The molecule has 3 rings (SSSR count). The Hall–Kier alpha value is -3.12. The van der Waals surface area contributed by atoms with Gasteiger partial charge in [-0.2, -0.15) is 0 Å². The Labute approximate surface area is 202 Å². The average Bonchev–Trinajstić information content (AvgIpc) is 3.26. The molecule has 6 heteroatoms. The highest BCUT2D eigenvalue weighted by molar-refractivity contribution is 5.74. The number of benzene rings is 2. The first-order valence-corrected chi connectivity index (χ1v) is 11.8. The maximum atomic E-state index is 13.3. The van der Waals surface area contributed by atoms with Gasteiger partial charge in [-0.1, -0.05) is 72.3 Å². The van der Waals surface area contributed by atoms with Gasteiger partial charge in [0, 0.05) is 6.54 Å². The molecule has 2 atom stereocenters. The zero-order chi connectivity index (χ0) is 24.6. The minimum atomic E-state index is -0.820. The molecule has 1 aliphatic carbocycles. The quantitative estimate of drug-likeness (QED) is 0.472. The van der Waals surface area contributed by atoms with Crippen molar-refractivity contribution < 1.29 is 24.2 Å². The van der Waals surface area contributed by atoms with Gasteiger partial charge in [0.15, 0.2) is 0 Å². The number of carboxylic acids is 1. The van der Waals surface area contributed by atoms with Crippen LogP contribution in [0.4, 0.5) is 4.79 Å². The zero-order valence-corrected chi connectivity index (χ0v) is 20.3. The van der Waals surface area contributed by atoms with E-state index >= 15 is 0 Å². The lowest BCUT2D eigenvalue weighted by Gasteiger charge is -2.33. The molecule has 182 valence electrons. The number of amides is 1. The maximum absolute atomic E-state index is 13.3. The highest BCUT2D eigenvalue weighted by Gasteiger charge is 2.32. The average molecular weight is 466 g/mol. The third kappa shape index (κ3) is 7.73. The van der Waals surface area contributed by atoms with E-state index in [2.05, 4.69) is 0 Å². The highest BCUT2D eigenvalue weighted by Crippen LogP contribution is 2.32. The number of carbonyl (C=O) groups is 2. The molecule has 0 aromatic heterocycles. The van der Waals surface area contributed by atoms with Gasteiger partial charge >= 0.3 is 12.1 Å². The topological polar surface area (TPSA) is 76.1 Å². The van der Waals surface area contributed by atoms with Gasteiger partial charge in [0.25, 0.3) is 0 Å². The molecule has 1 aliphatic rings. The van der Waals surface area contributed by atoms with E-state index in [4.69, 9.17) is 9.47 Å². The van der Waals surface area contributed by atoms with Crippen molar-refractivity contribution >= 4 is 12.1 Å². The van der Waals surface area contributed by atoms with E-state index in [9.17, 15) is 14.7 Å². The summed E-state index contributed by atoms with van der Waals surface area (Å²) in [4.78, 5) is 26.8. The molecule has 0 unspecified atom stereocenters. The Kier molecular flexibility index (Phi) is 8.88. The number of hydrogen-bond acceptors (Lipinski definition) is 4. The molecule has 2 aromatic carbocycles. The van der Waals surface area contributed by atoms with Crippen LogP contribution in [-0.2, 0) is 27.4 Å². The third-order valence-electron chi connectivity index (χ3n) is 5.73. The predicted octanol–water partition coefficient (Wildman–Crippen LogP) is 5.82. The van der Waals surface area contributed by atoms with Crippen LogP contribution in [0, 0.1) is 5.92 Å². The highest BCUT2D eigenvalue weighted by atomic mass is 16.6. The number of rotatable bonds is 9. The van der Waals surface area contributed by atoms with E-state index in [-0.39, 0.29) is 6.61 Å². The van der Waals surface area contributed by atoms with Gasteiger partial charge in [0.1, 0.15) is 5.60 Å². The minimum Gasteiger partial charge on any atom is -0.481 e. The van der Waals surface area contributed by atoms with Crippen molar-refractivity contribution in [3.05, 3.63) is 83.4 Å². The van der Waals surface area contributed by atoms with Crippen molar-refractivity contribution in [2.24, 2.45) is 5.92 Å². The summed E-state index contributed by atoms with van der Waals surface area (Å²) < 4.78 is 11.8. The van der Waals surface area contributed by atoms with Crippen LogP contribution in [0.3, 0.4) is 0 Å². The largest absolute Gasteiger partial charge is 0.481 e. The van der Waals surface area contributed by atoms with Crippen LogP contribution in [0.1, 0.15) is 51.2 Å². The zero-order valence-electron chi connectivity index (χ0n) is 20.3. The van der Waals surface area contributed by atoms with Crippen molar-refractivity contribution in [2.45, 2.75) is 64.8 Å². The van der Waals surface area contributed by atoms with Crippen molar-refractivity contribution in [1.82, 2.24) is 4.90 Å². The number of ether oxygens (including phenoxy) is 2. The number of carbonyl (C=O) groups excluding carboxylic acids is 1. The molecule has 2 aromatic rings. The second-order valence-corrected chi connectivity index (χ2v) is 9.69. The van der Waals surface area contributed by atoms with E-state index < -0.39 is 29.6 Å². The third-order valence-corrected chi connectivity index (χ3v) is 5.73. The molecule has 1 saturated carbocycles. The molecule has 6 nitrogen and oxygen atoms in total. The Balaban J connectivity index is 1.90. The minimum absolute atomic E-state index is 0.233. The number of nitrogens with zero attached hydrogens (tertiary/aromatic N) is 1. The molecule has 1 fully saturated rings. The van der Waals surface area contributed by atoms with Gasteiger partial charge in [-0.15, -0.1) is 0 Å². The van der Waals surface area contributed by atoms with Gasteiger partial charge in [0.2, 0.25) is 0 Å². The van der Waals surface area contributed by atoms with Crippen molar-refractivity contribution in [3.8, 4) is 0 Å². The van der Waals surface area contributed by atoms with Crippen LogP contribution in [0.5, 0.6) is 0 Å². The fourth-order valence-electron chi connectivity index (χ4n) is 4.12. The lowest BCUT2D eigenvalue weighted by Crippen LogP contribution is -2.44. The first-order chi connectivity index (χ1) is 16.2. The Morgan fingerprint density at radius 2 is 1.68 bits per heavy atom. The van der Waals surface area contributed by atoms with E-state index in [1.807, 2.05) is 87.5 Å². The number of carboxylic acid groups (broad SMARTS) is 1. The smallest absolute Gasteiger partial charge is 0.411 e. The predicted molar refractivity (Wildman–Crippen MR) is 131 cm³/mol. The summed E-state index contributed by atoms with van der Waals surface area (Å²) in [6.45, 7) is 6.47. The van der Waals surface area contributed by atoms with Gasteiger partial charge in [-0.25, -0.2) is 4.79 Å². The SMILES string of the molecule is CC(C)(C)OC(=O)N(Cc1ccccc1)[C@H](/C=C1/CCC[C@H]1C(=O)O)COCc1ccccc1. The second kappa shape index (κ2) is 11.8. The summed E-state index contributed by atoms with van der Waals surface area (Å²) in [5, 5.41) is 9.68. The van der Waals surface area contributed by atoms with Crippen LogP contribution in [0.2, 0.25) is 0 Å². The lowest BCUT2D eigenvalue weighted by atomic mass is 10.00. The molecule has 34 heavy (non-hydrogen) atoms. The summed E-state index contributed by atoms with van der Waals surface area (Å²) in [5.41, 5.74) is 2.18. The normalized spacial score (nSPS) is 18.0. The molecule has 0 radical (unpaired) electrons. The van der Waals surface area contributed by atoms with Crippen LogP contribution in [0.25, 0.3) is 0 Å². The molecular formula is C28H35NO5. The maximum Gasteiger partial charge on any atom is 0.411 e. The monoisotopic (exact) mass is 465 g/mol. The van der Waals surface area contributed by atoms with E-state index in [1.165, 1.54) is 0 Å². The van der Waals surface area contributed by atoms with E-state index in [1.54, 1.807) is 4.90 Å². The van der Waals surface area contributed by atoms with Gasteiger partial charge in [-0.3, -0.25) is 9.69 Å². The molecule has 0 heterocycles. The van der Waals surface area contributed by atoms with Crippen LogP contribution < -0.4 is 0 Å². The summed E-state index contributed by atoms with van der Waals surface area (Å²) in [6, 6.07) is 19.1. The van der Waals surface area contributed by atoms with Crippen molar-refractivity contribution in [2.75, 3.05) is 6.61 Å². The van der Waals surface area contributed by atoms with Crippen LogP contribution in [0.15, 0.2) is 72.3 Å². The fraction of sp³-hybridized carbons (Fsp3) is 0.429. The first-order valence-electron chi connectivity index (χ1n) is 11.8. The van der Waals surface area contributed by atoms with E-state index in [0.717, 1.165) is 23.1 Å². The molecule has 1 amide bonds. The summed E-state index contributed by atoms with van der Waals surface area (Å²) >= 11 is 0. The Bertz CT molecular complexity index is 965. The summed E-state index contributed by atoms with van der Waals surface area (Å²) in [7, 11) is 0. The molecule has 0 saturated heterocycles. The summed E-state index contributed by atoms with van der Waals surface area (Å²) in [6.07, 6.45) is 3.62. The molecule has 0 bridgehead atoms. The van der Waals surface area contributed by atoms with Gasteiger partial charge < -0.3 is 14.6 Å². The van der Waals surface area contributed by atoms with Gasteiger partial charge in [0.05, 0.1) is 25.2 Å². The standard InChI is InChI=1S/C28H35NO5/c1-28(2,3)34-27(32)29(18-21-11-6-4-7-12-21)24(17-23-15-10-16-25(23)26(30)31)20-33-19-22-13-8-5-9-14-22/h4-9,11-14,17,24-25H,10,15-16,18-20H2,1-3H3,(H,30,31)/b23-17-/t24-,25-/m1/s1. The Morgan fingerprint density at radius 1 is 1.06 bits per heavy atom. The van der Waals surface area contributed by atoms with Crippen molar-refractivity contribution in [3.63, 3.8) is 0 Å². The molecular weight excluding hydrogens is 430 g/mol. The van der Waals surface area contributed by atoms with E-state index in [0.29, 0.717) is 26.0 Å². The van der Waals surface area contributed by atoms with Gasteiger partial charge in [-0.05, 0) is 51.2 Å². The summed E-state index contributed by atoms with van der Waals surface area (Å²) in [5.74, 6) is -1.34. The van der Waals surface area contributed by atoms with Crippen molar-refractivity contribution in [1.29, 1.82) is 0 Å². The van der Waals surface area contributed by atoms with Crippen LogP contribution in [-0.4, -0.2) is 40.3 Å². The lowest BCUT2D eigenvalue weighted by molar-refractivity contribution is -0.140. The molecule has 1 N–H and O–H groups in total. The molecule has 0 aliphatic heterocycles. The number of hydrogen-bond donors (Lipinski definition) is 1. The first kappa shape index (κ1) is 25.5. The second-order valence-electron chi connectivity index (χ2n) is 9.69. The van der Waals surface area contributed by atoms with Crippen LogP contribution >= 0.6 is 0 Å². The number of aliphatic carboxylic acids is 1. The molecule has 0 spiro atoms. The fourth-order valence-corrected chi connectivity index (χ4v) is 4.12.